The third-order valence-corrected chi connectivity index (χ3v) is 5.53. The van der Waals surface area contributed by atoms with E-state index in [4.69, 9.17) is 0 Å². The van der Waals surface area contributed by atoms with Crippen molar-refractivity contribution >= 4 is 45.2 Å². The Balaban J connectivity index is 1.76. The molecule has 0 fully saturated rings. The van der Waals surface area contributed by atoms with Crippen molar-refractivity contribution in [3.63, 3.8) is 0 Å². The molecule has 150 valence electrons. The van der Waals surface area contributed by atoms with E-state index in [1.807, 2.05) is 24.3 Å². The Kier molecular flexibility index (Phi) is 9.43. The molecule has 0 aliphatic carbocycles. The number of carbonyl (C=O) groups excluding carboxylic acids is 2. The van der Waals surface area contributed by atoms with Crippen molar-refractivity contribution < 1.29 is 9.59 Å². The van der Waals surface area contributed by atoms with E-state index in [2.05, 4.69) is 50.4 Å². The predicted molar refractivity (Wildman–Crippen MR) is 117 cm³/mol. The van der Waals surface area contributed by atoms with Gasteiger partial charge in [0.25, 0.3) is 5.91 Å². The van der Waals surface area contributed by atoms with E-state index in [-0.39, 0.29) is 11.8 Å². The average molecular weight is 465 g/mol. The minimum absolute atomic E-state index is 0.0695. The topological polar surface area (TPSA) is 84.0 Å². The highest BCUT2D eigenvalue weighted by Gasteiger charge is 2.14. The lowest BCUT2D eigenvalue weighted by atomic mass is 10.1. The average Bonchev–Trinajstić information content (AvgIpc) is 2.71. The van der Waals surface area contributed by atoms with Crippen molar-refractivity contribution in [2.75, 3.05) is 17.6 Å². The Morgan fingerprint density at radius 1 is 1.18 bits per heavy atom. The molecule has 0 spiro atoms. The van der Waals surface area contributed by atoms with E-state index in [0.29, 0.717) is 34.7 Å². The second kappa shape index (κ2) is 11.8. The zero-order chi connectivity index (χ0) is 20.4. The summed E-state index contributed by atoms with van der Waals surface area (Å²) in [5.74, 6) is 0.557. The van der Waals surface area contributed by atoms with Gasteiger partial charge in [-0.1, -0.05) is 37.7 Å². The molecular formula is C20H25BrN4O2S. The van der Waals surface area contributed by atoms with Gasteiger partial charge < -0.3 is 10.6 Å². The number of halogens is 1. The number of aryl methyl sites for hydroxylation is 1. The molecule has 2 rings (SSSR count). The van der Waals surface area contributed by atoms with Crippen molar-refractivity contribution in [3.8, 4) is 0 Å². The van der Waals surface area contributed by atoms with Crippen LogP contribution in [-0.4, -0.2) is 34.1 Å². The van der Waals surface area contributed by atoms with Crippen LogP contribution in [0.5, 0.6) is 0 Å². The van der Waals surface area contributed by atoms with Gasteiger partial charge in [0.05, 0.1) is 4.47 Å². The molecule has 28 heavy (non-hydrogen) atoms. The van der Waals surface area contributed by atoms with Gasteiger partial charge >= 0.3 is 0 Å². The minimum Gasteiger partial charge on any atom is -0.351 e. The monoisotopic (exact) mass is 464 g/mol. The number of nitrogens with zero attached hydrogens (tertiary/aromatic N) is 2. The zero-order valence-corrected chi connectivity index (χ0v) is 18.5. The molecule has 6 nitrogen and oxygen atoms in total. The van der Waals surface area contributed by atoms with Gasteiger partial charge in [-0.3, -0.25) is 9.59 Å². The van der Waals surface area contributed by atoms with Gasteiger partial charge in [-0.05, 0) is 52.9 Å². The molecule has 1 heterocycles. The third kappa shape index (κ3) is 7.24. The molecule has 0 atom stereocenters. The SMILES string of the molecule is CCCSc1ncc(Br)c(C(=O)NCCCC(=O)Nc2ccc(CC)cc2)n1. The predicted octanol–water partition coefficient (Wildman–Crippen LogP) is 4.45. The number of aromatic nitrogens is 2. The summed E-state index contributed by atoms with van der Waals surface area (Å²) in [6.45, 7) is 4.57. The lowest BCUT2D eigenvalue weighted by molar-refractivity contribution is -0.116. The van der Waals surface area contributed by atoms with Crippen molar-refractivity contribution in [2.45, 2.75) is 44.7 Å². The first-order valence-electron chi connectivity index (χ1n) is 9.35. The number of carbonyl (C=O) groups is 2. The fourth-order valence-corrected chi connectivity index (χ4v) is 3.40. The molecule has 1 aromatic carbocycles. The summed E-state index contributed by atoms with van der Waals surface area (Å²) in [4.78, 5) is 32.9. The van der Waals surface area contributed by atoms with Crippen LogP contribution in [0.2, 0.25) is 0 Å². The Hall–Kier alpha value is -1.93. The fourth-order valence-electron chi connectivity index (χ4n) is 2.35. The smallest absolute Gasteiger partial charge is 0.271 e. The minimum atomic E-state index is -0.275. The number of amides is 2. The quantitative estimate of drug-likeness (QED) is 0.308. The molecule has 0 saturated carbocycles. The second-order valence-corrected chi connectivity index (χ2v) is 8.07. The Bertz CT molecular complexity index is 799. The molecule has 0 aliphatic rings. The van der Waals surface area contributed by atoms with E-state index < -0.39 is 0 Å². The normalized spacial score (nSPS) is 10.5. The molecule has 8 heteroatoms. The lowest BCUT2D eigenvalue weighted by Gasteiger charge is -2.08. The molecule has 2 aromatic rings. The number of thioether (sulfide) groups is 1. The van der Waals surface area contributed by atoms with Gasteiger partial charge in [0.1, 0.15) is 5.69 Å². The highest BCUT2D eigenvalue weighted by Crippen LogP contribution is 2.19. The van der Waals surface area contributed by atoms with E-state index in [9.17, 15) is 9.59 Å². The first kappa shape index (κ1) is 22.4. The molecule has 2 amide bonds. The highest BCUT2D eigenvalue weighted by atomic mass is 79.9. The molecule has 2 N–H and O–H groups in total. The summed E-state index contributed by atoms with van der Waals surface area (Å²) in [5, 5.41) is 6.26. The first-order valence-corrected chi connectivity index (χ1v) is 11.1. The van der Waals surface area contributed by atoms with Crippen LogP contribution in [0.4, 0.5) is 5.69 Å². The Morgan fingerprint density at radius 2 is 1.93 bits per heavy atom. The van der Waals surface area contributed by atoms with Crippen molar-refractivity contribution in [1.82, 2.24) is 15.3 Å². The van der Waals surface area contributed by atoms with Crippen LogP contribution in [-0.2, 0) is 11.2 Å². The summed E-state index contributed by atoms with van der Waals surface area (Å²) in [6, 6.07) is 7.81. The molecule has 0 radical (unpaired) electrons. The summed E-state index contributed by atoms with van der Waals surface area (Å²) < 4.78 is 0.555. The van der Waals surface area contributed by atoms with Crippen LogP contribution in [0.25, 0.3) is 0 Å². The lowest BCUT2D eigenvalue weighted by Crippen LogP contribution is -2.27. The van der Waals surface area contributed by atoms with Crippen molar-refractivity contribution in [1.29, 1.82) is 0 Å². The maximum absolute atomic E-state index is 12.3. The molecule has 0 aliphatic heterocycles. The molecule has 0 bridgehead atoms. The number of rotatable bonds is 10. The number of benzene rings is 1. The third-order valence-electron chi connectivity index (χ3n) is 3.88. The maximum atomic E-state index is 12.3. The van der Waals surface area contributed by atoms with Crippen LogP contribution in [0.15, 0.2) is 40.1 Å². The Morgan fingerprint density at radius 3 is 2.61 bits per heavy atom. The van der Waals surface area contributed by atoms with Crippen LogP contribution in [0.1, 0.15) is 49.2 Å². The van der Waals surface area contributed by atoms with Crippen LogP contribution >= 0.6 is 27.7 Å². The van der Waals surface area contributed by atoms with Gasteiger partial charge in [0.15, 0.2) is 5.16 Å². The summed E-state index contributed by atoms with van der Waals surface area (Å²) in [7, 11) is 0. The van der Waals surface area contributed by atoms with Gasteiger partial charge in [-0.15, -0.1) is 0 Å². The number of anilines is 1. The molecule has 0 unspecified atom stereocenters. The van der Waals surface area contributed by atoms with Crippen molar-refractivity contribution in [3.05, 3.63) is 46.2 Å². The number of hydrogen-bond acceptors (Lipinski definition) is 5. The standard InChI is InChI=1S/C20H25BrN4O2S/c1-3-12-28-20-23-13-16(21)18(25-20)19(27)22-11-5-6-17(26)24-15-9-7-14(4-2)8-10-15/h7-10,13H,3-6,11-12H2,1-2H3,(H,22,27)(H,24,26). The molecule has 0 saturated heterocycles. The van der Waals surface area contributed by atoms with E-state index in [1.54, 1.807) is 6.20 Å². The summed E-state index contributed by atoms with van der Waals surface area (Å²) in [5.41, 5.74) is 2.33. The van der Waals surface area contributed by atoms with Gasteiger partial charge in [0, 0.05) is 30.6 Å². The Labute approximate surface area is 178 Å². The van der Waals surface area contributed by atoms with Gasteiger partial charge in [-0.2, -0.15) is 0 Å². The van der Waals surface area contributed by atoms with Crippen LogP contribution in [0, 0.1) is 0 Å². The van der Waals surface area contributed by atoms with E-state index in [1.165, 1.54) is 17.3 Å². The zero-order valence-electron chi connectivity index (χ0n) is 16.1. The maximum Gasteiger partial charge on any atom is 0.271 e. The molecular weight excluding hydrogens is 440 g/mol. The number of nitrogens with one attached hydrogen (secondary N) is 2. The summed E-state index contributed by atoms with van der Waals surface area (Å²) >= 11 is 4.84. The van der Waals surface area contributed by atoms with Crippen LogP contribution < -0.4 is 10.6 Å². The van der Waals surface area contributed by atoms with Gasteiger partial charge in [0.2, 0.25) is 5.91 Å². The number of hydrogen-bond donors (Lipinski definition) is 2. The second-order valence-electron chi connectivity index (χ2n) is 6.16. The van der Waals surface area contributed by atoms with Crippen molar-refractivity contribution in [2.24, 2.45) is 0 Å². The highest BCUT2D eigenvalue weighted by molar-refractivity contribution is 9.10. The van der Waals surface area contributed by atoms with Crippen LogP contribution in [0.3, 0.4) is 0 Å². The summed E-state index contributed by atoms with van der Waals surface area (Å²) in [6.07, 6.45) is 4.45. The first-order chi connectivity index (χ1) is 13.5. The largest absolute Gasteiger partial charge is 0.351 e. The van der Waals surface area contributed by atoms with E-state index in [0.717, 1.165) is 24.3 Å². The van der Waals surface area contributed by atoms with Gasteiger partial charge in [-0.25, -0.2) is 9.97 Å². The molecule has 1 aromatic heterocycles. The van der Waals surface area contributed by atoms with E-state index >= 15 is 0 Å². The fraction of sp³-hybridized carbons (Fsp3) is 0.400.